The molecule has 1 aliphatic carbocycles. The van der Waals surface area contributed by atoms with Gasteiger partial charge < -0.3 is 25.2 Å². The molecule has 0 saturated carbocycles. The third-order valence-electron chi connectivity index (χ3n) is 9.80. The van der Waals surface area contributed by atoms with Gasteiger partial charge in [-0.3, -0.25) is 24.3 Å². The highest BCUT2D eigenvalue weighted by Crippen LogP contribution is 2.46. The lowest BCUT2D eigenvalue weighted by molar-refractivity contribution is -0.141. The molecule has 5 rings (SSSR count). The van der Waals surface area contributed by atoms with Crippen LogP contribution in [0.3, 0.4) is 0 Å². The van der Waals surface area contributed by atoms with Gasteiger partial charge in [0.2, 0.25) is 11.8 Å². The highest BCUT2D eigenvalue weighted by atomic mass is 16.5. The molecule has 0 spiro atoms. The lowest BCUT2D eigenvalue weighted by atomic mass is 9.68. The Kier molecular flexibility index (Phi) is 12.2. The van der Waals surface area contributed by atoms with Gasteiger partial charge in [-0.2, -0.15) is 0 Å². The van der Waals surface area contributed by atoms with Gasteiger partial charge in [-0.15, -0.1) is 0 Å². The van der Waals surface area contributed by atoms with Gasteiger partial charge in [0.1, 0.15) is 18.1 Å². The Labute approximate surface area is 292 Å². The second kappa shape index (κ2) is 16.7. The molecular formula is C40H46N2O8. The topological polar surface area (TPSA) is 157 Å². The number of aryl methyl sites for hydroxylation is 2. The smallest absolute Gasteiger partial charge is 0.303 e. The summed E-state index contributed by atoms with van der Waals surface area (Å²) in [7, 11) is 0. The van der Waals surface area contributed by atoms with Crippen molar-refractivity contribution in [3.8, 4) is 11.5 Å². The number of aromatic nitrogens is 1. The number of benzene rings is 2. The largest absolute Gasteiger partial charge is 0.507 e. The maximum absolute atomic E-state index is 13.8. The number of carbonyl (C=O) groups is 3. The minimum atomic E-state index is -1.05. The molecule has 0 radical (unpaired) electrons. The van der Waals surface area contributed by atoms with Crippen LogP contribution in [0.2, 0.25) is 0 Å². The number of aromatic hydroxyl groups is 1. The predicted octanol–water partition coefficient (Wildman–Crippen LogP) is 5.72. The number of nitrogens with zero attached hydrogens (tertiary/aromatic N) is 2. The fourth-order valence-corrected chi connectivity index (χ4v) is 7.34. The number of imide groups is 1. The van der Waals surface area contributed by atoms with E-state index in [1.165, 1.54) is 4.90 Å². The Morgan fingerprint density at radius 3 is 2.38 bits per heavy atom. The number of rotatable bonds is 16. The van der Waals surface area contributed by atoms with Crippen molar-refractivity contribution in [2.24, 2.45) is 17.8 Å². The number of fused-ring (bicyclic) bond motifs is 1. The molecule has 1 aromatic heterocycles. The van der Waals surface area contributed by atoms with E-state index >= 15 is 0 Å². The van der Waals surface area contributed by atoms with E-state index in [1.54, 1.807) is 6.20 Å². The molecular weight excluding hydrogens is 636 g/mol. The number of hydrogen-bond donors (Lipinski definition) is 4. The lowest BCUT2D eigenvalue weighted by Gasteiger charge is -2.36. The number of unbranched alkanes of at least 4 members (excludes halogenated alkanes) is 2. The summed E-state index contributed by atoms with van der Waals surface area (Å²) in [4.78, 5) is 44.2. The van der Waals surface area contributed by atoms with Gasteiger partial charge in [0.15, 0.2) is 0 Å². The molecule has 10 heteroatoms. The Balaban J connectivity index is 1.43. The third kappa shape index (κ3) is 8.49. The van der Waals surface area contributed by atoms with Crippen molar-refractivity contribution in [3.05, 3.63) is 100 Å². The first-order valence-electron chi connectivity index (χ1n) is 17.3. The zero-order valence-electron chi connectivity index (χ0n) is 28.6. The van der Waals surface area contributed by atoms with Crippen LogP contribution in [0.25, 0.3) is 11.6 Å². The van der Waals surface area contributed by atoms with Crippen LogP contribution in [0.1, 0.15) is 67.3 Å². The maximum Gasteiger partial charge on any atom is 0.303 e. The molecule has 0 bridgehead atoms. The summed E-state index contributed by atoms with van der Waals surface area (Å²) in [5, 5.41) is 42.0. The molecule has 2 aromatic carbocycles. The molecule has 2 aliphatic rings. The monoisotopic (exact) mass is 682 g/mol. The number of carbonyl (C=O) groups excluding carboxylic acids is 2. The first-order chi connectivity index (χ1) is 24.1. The van der Waals surface area contributed by atoms with Crippen molar-refractivity contribution in [2.45, 2.75) is 64.9 Å². The van der Waals surface area contributed by atoms with Crippen LogP contribution in [0.15, 0.2) is 78.0 Å². The Bertz CT molecular complexity index is 1710. The van der Waals surface area contributed by atoms with E-state index in [1.807, 2.05) is 80.6 Å². The number of aliphatic carboxylic acids is 1. The van der Waals surface area contributed by atoms with Crippen LogP contribution < -0.4 is 4.74 Å². The highest BCUT2D eigenvalue weighted by Gasteiger charge is 2.54. The minimum Gasteiger partial charge on any atom is -0.507 e. The van der Waals surface area contributed by atoms with E-state index in [4.69, 9.17) is 9.84 Å². The summed E-state index contributed by atoms with van der Waals surface area (Å²) in [5.74, 6) is -2.97. The number of hydrogen-bond acceptors (Lipinski definition) is 8. The molecule has 1 saturated heterocycles. The van der Waals surface area contributed by atoms with E-state index in [2.05, 4.69) is 4.98 Å². The summed E-state index contributed by atoms with van der Waals surface area (Å²) in [6, 6.07) is 18.6. The van der Waals surface area contributed by atoms with Crippen molar-refractivity contribution >= 4 is 29.4 Å². The lowest BCUT2D eigenvalue weighted by Crippen LogP contribution is -2.40. The van der Waals surface area contributed by atoms with E-state index < -0.39 is 36.4 Å². The molecule has 4 N–H and O–H groups in total. The number of pyridine rings is 1. The number of carboxylic acid groups (broad SMARTS) is 1. The molecule has 1 fully saturated rings. The summed E-state index contributed by atoms with van der Waals surface area (Å²) in [6.07, 6.45) is 5.08. The fraction of sp³-hybridized carbons (Fsp3) is 0.400. The summed E-state index contributed by atoms with van der Waals surface area (Å²) in [6.45, 7) is 3.53. The zero-order chi connectivity index (χ0) is 35.8. The van der Waals surface area contributed by atoms with Crippen LogP contribution in [-0.4, -0.2) is 74.0 Å². The van der Waals surface area contributed by atoms with Gasteiger partial charge in [-0.25, -0.2) is 0 Å². The third-order valence-corrected chi connectivity index (χ3v) is 9.80. The number of likely N-dealkylation sites (tertiary alicyclic amines) is 1. The van der Waals surface area contributed by atoms with Crippen molar-refractivity contribution in [1.29, 1.82) is 0 Å². The molecule has 2 amide bonds. The predicted molar refractivity (Wildman–Crippen MR) is 189 cm³/mol. The molecule has 2 heterocycles. The van der Waals surface area contributed by atoms with Crippen molar-refractivity contribution in [1.82, 2.24) is 9.88 Å². The highest BCUT2D eigenvalue weighted by molar-refractivity contribution is 6.06. The molecule has 264 valence electrons. The van der Waals surface area contributed by atoms with Crippen LogP contribution in [0.5, 0.6) is 11.5 Å². The van der Waals surface area contributed by atoms with Gasteiger partial charge in [-0.1, -0.05) is 30.7 Å². The zero-order valence-corrected chi connectivity index (χ0v) is 28.6. The van der Waals surface area contributed by atoms with Crippen LogP contribution >= 0.6 is 0 Å². The molecule has 3 aromatic rings. The minimum absolute atomic E-state index is 0.0289. The van der Waals surface area contributed by atoms with Crippen LogP contribution in [0.4, 0.5) is 0 Å². The summed E-state index contributed by atoms with van der Waals surface area (Å²) < 4.78 is 6.12. The van der Waals surface area contributed by atoms with Crippen LogP contribution in [0, 0.1) is 31.6 Å². The molecule has 10 nitrogen and oxygen atoms in total. The van der Waals surface area contributed by atoms with Crippen molar-refractivity contribution in [3.63, 3.8) is 0 Å². The maximum atomic E-state index is 13.8. The molecule has 4 atom stereocenters. The van der Waals surface area contributed by atoms with E-state index in [0.29, 0.717) is 42.6 Å². The number of phenolic OH excluding ortho intramolecular Hbond substituents is 1. The second-order valence-electron chi connectivity index (χ2n) is 13.3. The Morgan fingerprint density at radius 2 is 1.72 bits per heavy atom. The number of ether oxygens (including phenoxy) is 1. The Morgan fingerprint density at radius 1 is 1.00 bits per heavy atom. The van der Waals surface area contributed by atoms with E-state index in [0.717, 1.165) is 28.0 Å². The van der Waals surface area contributed by atoms with Crippen LogP contribution in [-0.2, 0) is 14.4 Å². The molecule has 1 aliphatic heterocycles. The quantitative estimate of drug-likeness (QED) is 0.0843. The number of phenols is 1. The number of para-hydroxylation sites is 1. The van der Waals surface area contributed by atoms with Crippen molar-refractivity contribution in [2.75, 3.05) is 19.8 Å². The first-order valence-corrected chi connectivity index (χ1v) is 17.3. The van der Waals surface area contributed by atoms with E-state index in [-0.39, 0.29) is 50.0 Å². The van der Waals surface area contributed by atoms with Crippen molar-refractivity contribution < 1.29 is 39.5 Å². The van der Waals surface area contributed by atoms with Gasteiger partial charge in [0.25, 0.3) is 0 Å². The normalized spacial score (nSPS) is 19.9. The fourth-order valence-electron chi connectivity index (χ4n) is 7.34. The summed E-state index contributed by atoms with van der Waals surface area (Å²) in [5.41, 5.74) is 5.21. The Hall–Kier alpha value is -4.80. The number of carboxylic acids is 1. The number of allylic oxidation sites excluding steroid dienone is 1. The number of amides is 2. The average Bonchev–Trinajstić information content (AvgIpc) is 3.35. The van der Waals surface area contributed by atoms with E-state index in [9.17, 15) is 29.7 Å². The second-order valence-corrected chi connectivity index (χ2v) is 13.3. The molecule has 0 unspecified atom stereocenters. The number of aliphatic hydroxyl groups excluding tert-OH is 2. The van der Waals surface area contributed by atoms with Gasteiger partial charge in [-0.05, 0) is 122 Å². The van der Waals surface area contributed by atoms with Gasteiger partial charge in [0.05, 0.1) is 30.2 Å². The standard InChI is InChI=1S/C40H46N2O8/c1-25-19-27(20-26(2)38(25)47)21-28(33-13-8-9-17-41-33)15-16-34(44)36-29(24-50-30-11-5-3-6-12-30)22-31-37(32(36)23-43)40(49)42(39(31)48)18-10-4-7-14-35(45)46/h3,5-6,8-9,11-13,17,19-21,31-32,34,37,43-44,47H,4,7,10,14-16,18,22-24H2,1-2H3,(H,45,46)/b28-21-/t31-,32+,34-,37-/m1/s1. The van der Waals surface area contributed by atoms with Gasteiger partial charge >= 0.3 is 5.97 Å². The summed E-state index contributed by atoms with van der Waals surface area (Å²) >= 11 is 0. The van der Waals surface area contributed by atoms with Gasteiger partial charge in [0, 0.05) is 25.1 Å². The average molecular weight is 683 g/mol. The first kappa shape index (κ1) is 36.5. The SMILES string of the molecule is Cc1cc(/C=C(/CC[C@@H](O)C2=C(COc3ccccc3)C[C@H]3C(=O)N(CCCCCC(=O)O)C(=O)[C@H]3[C@H]2CO)c2ccccn2)cc(C)c1O. The molecule has 50 heavy (non-hydrogen) atoms. The number of aliphatic hydroxyl groups is 2.